The average molecular weight is 212 g/mol. The third-order valence-electron chi connectivity index (χ3n) is 3.12. The van der Waals surface area contributed by atoms with Crippen LogP contribution in [0.4, 0.5) is 0 Å². The molecule has 0 saturated carbocycles. The first kappa shape index (κ1) is 11.1. The van der Waals surface area contributed by atoms with Crippen LogP contribution in [0.15, 0.2) is 11.6 Å². The van der Waals surface area contributed by atoms with Gasteiger partial charge in [0.15, 0.2) is 0 Å². The fourth-order valence-electron chi connectivity index (χ4n) is 2.30. The van der Waals surface area contributed by atoms with Crippen LogP contribution in [0.2, 0.25) is 0 Å². The van der Waals surface area contributed by atoms with Crippen molar-refractivity contribution in [3.63, 3.8) is 0 Å². The SMILES string of the molecule is NNC(C1=CCCCC1)C1COCCO1. The normalized spacial score (nSPS) is 29.7. The largest absolute Gasteiger partial charge is 0.376 e. The maximum absolute atomic E-state index is 5.68. The molecule has 0 spiro atoms. The van der Waals surface area contributed by atoms with Crippen molar-refractivity contribution in [2.75, 3.05) is 19.8 Å². The molecule has 0 aromatic carbocycles. The quantitative estimate of drug-likeness (QED) is 0.411. The second-order valence-corrected chi connectivity index (χ2v) is 4.15. The number of hydrogen-bond acceptors (Lipinski definition) is 4. The summed E-state index contributed by atoms with van der Waals surface area (Å²) in [6.45, 7) is 2.02. The van der Waals surface area contributed by atoms with Gasteiger partial charge in [-0.3, -0.25) is 11.3 Å². The Morgan fingerprint density at radius 2 is 2.33 bits per heavy atom. The molecule has 86 valence electrons. The lowest BCUT2D eigenvalue weighted by molar-refractivity contribution is -0.0972. The average Bonchev–Trinajstić information content (AvgIpc) is 2.33. The molecule has 15 heavy (non-hydrogen) atoms. The maximum atomic E-state index is 5.68. The number of nitrogens with two attached hydrogens (primary N) is 1. The molecule has 4 nitrogen and oxygen atoms in total. The van der Waals surface area contributed by atoms with E-state index in [4.69, 9.17) is 15.3 Å². The number of hydrazine groups is 1. The molecule has 2 unspecified atom stereocenters. The topological polar surface area (TPSA) is 56.5 Å². The van der Waals surface area contributed by atoms with Crippen LogP contribution in [0.1, 0.15) is 25.7 Å². The van der Waals surface area contributed by atoms with E-state index in [0.717, 1.165) is 6.42 Å². The Bertz CT molecular complexity index is 225. The molecule has 1 fully saturated rings. The molecule has 1 heterocycles. The van der Waals surface area contributed by atoms with E-state index in [0.29, 0.717) is 19.8 Å². The van der Waals surface area contributed by atoms with Crippen molar-refractivity contribution in [1.82, 2.24) is 5.43 Å². The summed E-state index contributed by atoms with van der Waals surface area (Å²) in [7, 11) is 0. The van der Waals surface area contributed by atoms with Crippen molar-refractivity contribution in [3.05, 3.63) is 11.6 Å². The van der Waals surface area contributed by atoms with Gasteiger partial charge >= 0.3 is 0 Å². The van der Waals surface area contributed by atoms with Crippen molar-refractivity contribution < 1.29 is 9.47 Å². The predicted octanol–water partition coefficient (Wildman–Crippen LogP) is 0.734. The van der Waals surface area contributed by atoms with Crippen LogP contribution in [0.5, 0.6) is 0 Å². The Labute approximate surface area is 90.8 Å². The highest BCUT2D eigenvalue weighted by Gasteiger charge is 2.27. The molecule has 2 atom stereocenters. The third kappa shape index (κ3) is 2.78. The molecule has 0 aromatic rings. The van der Waals surface area contributed by atoms with E-state index in [1.54, 1.807) is 0 Å². The summed E-state index contributed by atoms with van der Waals surface area (Å²) in [6.07, 6.45) is 7.23. The van der Waals surface area contributed by atoms with E-state index in [9.17, 15) is 0 Å². The molecule has 0 bridgehead atoms. The minimum absolute atomic E-state index is 0.0769. The first-order valence-corrected chi connectivity index (χ1v) is 5.76. The van der Waals surface area contributed by atoms with Crippen LogP contribution in [0.3, 0.4) is 0 Å². The Morgan fingerprint density at radius 3 is 2.93 bits per heavy atom. The molecule has 4 heteroatoms. The summed E-state index contributed by atoms with van der Waals surface area (Å²) >= 11 is 0. The highest BCUT2D eigenvalue weighted by Crippen LogP contribution is 2.23. The summed E-state index contributed by atoms with van der Waals surface area (Å²) in [5.74, 6) is 5.61. The van der Waals surface area contributed by atoms with Crippen LogP contribution in [-0.4, -0.2) is 32.0 Å². The maximum Gasteiger partial charge on any atom is 0.101 e. The van der Waals surface area contributed by atoms with Crippen LogP contribution in [-0.2, 0) is 9.47 Å². The van der Waals surface area contributed by atoms with Gasteiger partial charge < -0.3 is 9.47 Å². The van der Waals surface area contributed by atoms with Crippen molar-refractivity contribution in [2.24, 2.45) is 5.84 Å². The first-order chi connectivity index (χ1) is 7.42. The summed E-state index contributed by atoms with van der Waals surface area (Å²) in [6, 6.07) is 0.130. The zero-order chi connectivity index (χ0) is 10.5. The second kappa shape index (κ2) is 5.61. The van der Waals surface area contributed by atoms with Gasteiger partial charge in [-0.15, -0.1) is 0 Å². The first-order valence-electron chi connectivity index (χ1n) is 5.76. The van der Waals surface area contributed by atoms with Gasteiger partial charge in [-0.1, -0.05) is 11.6 Å². The molecule has 2 aliphatic rings. The molecule has 0 amide bonds. The standard InChI is InChI=1S/C11H20N2O2/c12-13-11(9-4-2-1-3-5-9)10-8-14-6-7-15-10/h4,10-11,13H,1-3,5-8,12H2. The molecule has 1 saturated heterocycles. The van der Waals surface area contributed by atoms with E-state index in [-0.39, 0.29) is 12.1 Å². The lowest BCUT2D eigenvalue weighted by Gasteiger charge is -2.32. The Balaban J connectivity index is 1.98. The molecular formula is C11H20N2O2. The van der Waals surface area contributed by atoms with Crippen molar-refractivity contribution >= 4 is 0 Å². The molecule has 1 aliphatic carbocycles. The van der Waals surface area contributed by atoms with E-state index < -0.39 is 0 Å². The molecule has 3 N–H and O–H groups in total. The van der Waals surface area contributed by atoms with Crippen LogP contribution < -0.4 is 11.3 Å². The summed E-state index contributed by atoms with van der Waals surface area (Å²) < 4.78 is 11.1. The smallest absolute Gasteiger partial charge is 0.101 e. The predicted molar refractivity (Wildman–Crippen MR) is 58.2 cm³/mol. The van der Waals surface area contributed by atoms with E-state index in [1.807, 2.05) is 0 Å². The zero-order valence-corrected chi connectivity index (χ0v) is 9.08. The van der Waals surface area contributed by atoms with Gasteiger partial charge in [-0.25, -0.2) is 0 Å². The lowest BCUT2D eigenvalue weighted by Crippen LogP contribution is -2.50. The third-order valence-corrected chi connectivity index (χ3v) is 3.12. The van der Waals surface area contributed by atoms with Gasteiger partial charge in [0.2, 0.25) is 0 Å². The minimum atomic E-state index is 0.0769. The Hall–Kier alpha value is -0.420. The van der Waals surface area contributed by atoms with Crippen molar-refractivity contribution in [3.8, 4) is 0 Å². The van der Waals surface area contributed by atoms with Crippen LogP contribution in [0.25, 0.3) is 0 Å². The second-order valence-electron chi connectivity index (χ2n) is 4.15. The van der Waals surface area contributed by atoms with Crippen molar-refractivity contribution in [1.29, 1.82) is 0 Å². The monoisotopic (exact) mass is 212 g/mol. The number of allylic oxidation sites excluding steroid dienone is 1. The van der Waals surface area contributed by atoms with Gasteiger partial charge in [0.25, 0.3) is 0 Å². The summed E-state index contributed by atoms with van der Waals surface area (Å²) in [5, 5.41) is 0. The molecule has 2 rings (SSSR count). The lowest BCUT2D eigenvalue weighted by atomic mass is 9.91. The van der Waals surface area contributed by atoms with Gasteiger partial charge in [0.1, 0.15) is 6.10 Å². The fraction of sp³-hybridized carbons (Fsp3) is 0.818. The van der Waals surface area contributed by atoms with Gasteiger partial charge in [0, 0.05) is 0 Å². The number of nitrogens with one attached hydrogen (secondary N) is 1. The van der Waals surface area contributed by atoms with E-state index >= 15 is 0 Å². The van der Waals surface area contributed by atoms with Gasteiger partial charge in [-0.2, -0.15) is 0 Å². The molecular weight excluding hydrogens is 192 g/mol. The molecule has 0 aromatic heterocycles. The van der Waals surface area contributed by atoms with E-state index in [2.05, 4.69) is 11.5 Å². The van der Waals surface area contributed by atoms with Gasteiger partial charge in [-0.05, 0) is 25.7 Å². The zero-order valence-electron chi connectivity index (χ0n) is 9.08. The van der Waals surface area contributed by atoms with Crippen LogP contribution >= 0.6 is 0 Å². The Kier molecular flexibility index (Phi) is 4.14. The number of hydrogen-bond donors (Lipinski definition) is 2. The summed E-state index contributed by atoms with van der Waals surface area (Å²) in [4.78, 5) is 0. The Morgan fingerprint density at radius 1 is 1.40 bits per heavy atom. The highest BCUT2D eigenvalue weighted by molar-refractivity contribution is 5.15. The number of ether oxygens (including phenoxy) is 2. The fourth-order valence-corrected chi connectivity index (χ4v) is 2.30. The summed E-state index contributed by atoms with van der Waals surface area (Å²) in [5.41, 5.74) is 4.26. The minimum Gasteiger partial charge on any atom is -0.376 e. The highest BCUT2D eigenvalue weighted by atomic mass is 16.6. The molecule has 1 aliphatic heterocycles. The molecule has 0 radical (unpaired) electrons. The van der Waals surface area contributed by atoms with Crippen molar-refractivity contribution in [2.45, 2.75) is 37.8 Å². The number of rotatable bonds is 3. The van der Waals surface area contributed by atoms with Crippen LogP contribution in [0, 0.1) is 0 Å². The van der Waals surface area contributed by atoms with Gasteiger partial charge in [0.05, 0.1) is 25.9 Å². The van der Waals surface area contributed by atoms with E-state index in [1.165, 1.54) is 24.8 Å².